The maximum atomic E-state index is 13.5. The number of carbonyl (C=O) groups is 3. The van der Waals surface area contributed by atoms with Crippen molar-refractivity contribution in [3.8, 4) is 0 Å². The number of hydrogen-bond donors (Lipinski definition) is 5. The fourth-order valence-electron chi connectivity index (χ4n) is 4.50. The van der Waals surface area contributed by atoms with Crippen LogP contribution in [0.5, 0.6) is 0 Å². The highest BCUT2D eigenvalue weighted by Crippen LogP contribution is 2.28. The first-order valence-corrected chi connectivity index (χ1v) is 15.1. The highest BCUT2D eigenvalue weighted by molar-refractivity contribution is 7.89. The Labute approximate surface area is 264 Å². The molecule has 2 aliphatic heterocycles. The van der Waals surface area contributed by atoms with Crippen LogP contribution in [0.1, 0.15) is 31.2 Å². The summed E-state index contributed by atoms with van der Waals surface area (Å²) < 4.78 is 91.0. The van der Waals surface area contributed by atoms with Gasteiger partial charge in [-0.05, 0) is 62.1 Å². The van der Waals surface area contributed by atoms with Crippen molar-refractivity contribution in [3.05, 3.63) is 54.1 Å². The number of nitrogens with one attached hydrogen (secondary N) is 1. The fourth-order valence-corrected chi connectivity index (χ4v) is 5.97. The third-order valence-corrected chi connectivity index (χ3v) is 8.76. The van der Waals surface area contributed by atoms with Gasteiger partial charge in [-0.15, -0.1) is 0 Å². The van der Waals surface area contributed by atoms with Gasteiger partial charge in [-0.2, -0.15) is 30.6 Å². The van der Waals surface area contributed by atoms with Gasteiger partial charge in [0, 0.05) is 49.2 Å². The lowest BCUT2D eigenvalue weighted by atomic mass is 10.0. The normalized spacial score (nSPS) is 16.6. The van der Waals surface area contributed by atoms with Crippen molar-refractivity contribution in [2.45, 2.75) is 49.0 Å². The summed E-state index contributed by atoms with van der Waals surface area (Å²) in [5.41, 5.74) is 13.1. The molecule has 7 N–H and O–H groups in total. The van der Waals surface area contributed by atoms with E-state index in [-0.39, 0.29) is 22.8 Å². The molecule has 2 aromatic rings. The molecule has 4 rings (SSSR count). The van der Waals surface area contributed by atoms with Gasteiger partial charge < -0.3 is 26.6 Å². The molecule has 2 aliphatic rings. The summed E-state index contributed by atoms with van der Waals surface area (Å²) in [6.07, 6.45) is -7.24. The molecule has 260 valence electrons. The lowest BCUT2D eigenvalue weighted by Gasteiger charge is -2.39. The van der Waals surface area contributed by atoms with E-state index in [0.717, 1.165) is 18.5 Å². The Morgan fingerprint density at radius 1 is 0.851 bits per heavy atom. The van der Waals surface area contributed by atoms with Gasteiger partial charge >= 0.3 is 30.3 Å². The quantitative estimate of drug-likeness (QED) is 0.133. The van der Waals surface area contributed by atoms with Gasteiger partial charge in [0.1, 0.15) is 5.84 Å². The molecule has 0 spiro atoms. The molecule has 47 heavy (non-hydrogen) atoms. The molecular formula is C27H32F6N6O7S. The summed E-state index contributed by atoms with van der Waals surface area (Å²) in [6.45, 7) is 1.97. The molecular weight excluding hydrogens is 666 g/mol. The number of nitrogens with zero attached hydrogens (tertiary/aromatic N) is 3. The molecule has 0 bridgehead atoms. The Morgan fingerprint density at radius 2 is 1.34 bits per heavy atom. The number of sulfonamides is 1. The second-order valence-electron chi connectivity index (χ2n) is 10.1. The number of amidine groups is 1. The number of rotatable bonds is 5. The molecule has 2 fully saturated rings. The van der Waals surface area contributed by atoms with Gasteiger partial charge in [0.15, 0.2) is 0 Å². The van der Waals surface area contributed by atoms with Gasteiger partial charge in [-0.3, -0.25) is 10.3 Å². The van der Waals surface area contributed by atoms with Crippen molar-refractivity contribution in [1.82, 2.24) is 9.21 Å². The molecule has 0 radical (unpaired) electrons. The largest absolute Gasteiger partial charge is 0.490 e. The molecule has 2 aromatic carbocycles. The van der Waals surface area contributed by atoms with Gasteiger partial charge in [0.05, 0.1) is 4.90 Å². The number of hydrogen-bond acceptors (Lipinski definition) is 7. The van der Waals surface area contributed by atoms with Crippen LogP contribution in [-0.2, 0) is 19.6 Å². The number of amides is 2. The Bertz CT molecular complexity index is 1510. The Balaban J connectivity index is 0.000000459. The van der Waals surface area contributed by atoms with E-state index in [1.54, 1.807) is 35.2 Å². The molecule has 0 atom stereocenters. The zero-order valence-electron chi connectivity index (χ0n) is 24.5. The van der Waals surface area contributed by atoms with E-state index in [2.05, 4.69) is 0 Å². The molecule has 2 amide bonds. The molecule has 2 saturated heterocycles. The summed E-state index contributed by atoms with van der Waals surface area (Å²) >= 11 is 0. The number of halogens is 6. The maximum Gasteiger partial charge on any atom is 0.490 e. The van der Waals surface area contributed by atoms with E-state index < -0.39 is 34.3 Å². The summed E-state index contributed by atoms with van der Waals surface area (Å²) in [5, 5.41) is 21.9. The number of nitrogens with two attached hydrogens (primary N) is 2. The Hall–Kier alpha value is -4.59. The number of nitrogen functional groups attached to an aromatic ring is 2. The monoisotopic (exact) mass is 698 g/mol. The average molecular weight is 699 g/mol. The summed E-state index contributed by atoms with van der Waals surface area (Å²) in [4.78, 5) is 35.1. The van der Waals surface area contributed by atoms with Crippen LogP contribution in [0.2, 0.25) is 0 Å². The molecule has 0 aliphatic carbocycles. The van der Waals surface area contributed by atoms with Crippen molar-refractivity contribution in [1.29, 1.82) is 5.41 Å². The van der Waals surface area contributed by atoms with E-state index >= 15 is 0 Å². The number of anilines is 2. The second kappa shape index (κ2) is 15.8. The van der Waals surface area contributed by atoms with E-state index in [1.165, 1.54) is 16.4 Å². The smallest absolute Gasteiger partial charge is 0.475 e. The molecule has 0 unspecified atom stereocenters. The first-order valence-electron chi connectivity index (χ1n) is 13.6. The van der Waals surface area contributed by atoms with Crippen LogP contribution in [0.25, 0.3) is 0 Å². The first-order chi connectivity index (χ1) is 21.7. The topological polar surface area (TPSA) is 211 Å². The maximum absolute atomic E-state index is 13.5. The van der Waals surface area contributed by atoms with E-state index in [4.69, 9.17) is 36.7 Å². The number of carbonyl (C=O) groups excluding carboxylic acids is 1. The summed E-state index contributed by atoms with van der Waals surface area (Å²) in [5.74, 6) is -5.55. The van der Waals surface area contributed by atoms with Gasteiger partial charge in [0.25, 0.3) is 0 Å². The number of urea groups is 1. The zero-order valence-corrected chi connectivity index (χ0v) is 25.3. The molecule has 0 aromatic heterocycles. The van der Waals surface area contributed by atoms with Crippen LogP contribution in [-0.4, -0.2) is 96.2 Å². The van der Waals surface area contributed by atoms with Crippen molar-refractivity contribution < 1.29 is 59.4 Å². The Kier molecular flexibility index (Phi) is 13.0. The first kappa shape index (κ1) is 38.6. The minimum Gasteiger partial charge on any atom is -0.475 e. The van der Waals surface area contributed by atoms with Crippen LogP contribution in [0.15, 0.2) is 53.4 Å². The highest BCUT2D eigenvalue weighted by atomic mass is 32.2. The van der Waals surface area contributed by atoms with Crippen LogP contribution >= 0.6 is 0 Å². The zero-order chi connectivity index (χ0) is 35.7. The Morgan fingerprint density at radius 3 is 1.81 bits per heavy atom. The lowest BCUT2D eigenvalue weighted by molar-refractivity contribution is -0.193. The molecule has 13 nitrogen and oxygen atoms in total. The predicted octanol–water partition coefficient (Wildman–Crippen LogP) is 3.69. The molecule has 2 heterocycles. The summed E-state index contributed by atoms with van der Waals surface area (Å²) in [7, 11) is -3.59. The minimum absolute atomic E-state index is 0.0213. The lowest BCUT2D eigenvalue weighted by Crippen LogP contribution is -2.52. The van der Waals surface area contributed by atoms with Crippen LogP contribution in [0.4, 0.5) is 42.5 Å². The van der Waals surface area contributed by atoms with Crippen molar-refractivity contribution in [3.63, 3.8) is 0 Å². The van der Waals surface area contributed by atoms with Crippen LogP contribution in [0.3, 0.4) is 0 Å². The predicted molar refractivity (Wildman–Crippen MR) is 156 cm³/mol. The fraction of sp³-hybridized carbons (Fsp3) is 0.407. The van der Waals surface area contributed by atoms with Crippen LogP contribution in [0, 0.1) is 5.41 Å². The van der Waals surface area contributed by atoms with Crippen LogP contribution < -0.4 is 16.4 Å². The number of piperidine rings is 1. The number of benzene rings is 2. The van der Waals surface area contributed by atoms with Gasteiger partial charge in [-0.1, -0.05) is 12.1 Å². The van der Waals surface area contributed by atoms with Crippen molar-refractivity contribution >= 4 is 45.2 Å². The van der Waals surface area contributed by atoms with E-state index in [1.807, 2.05) is 11.0 Å². The molecule has 20 heteroatoms. The van der Waals surface area contributed by atoms with E-state index in [9.17, 15) is 39.6 Å². The van der Waals surface area contributed by atoms with Crippen molar-refractivity contribution in [2.75, 3.05) is 36.8 Å². The second-order valence-corrected chi connectivity index (χ2v) is 12.0. The van der Waals surface area contributed by atoms with Gasteiger partial charge in [0.2, 0.25) is 10.0 Å². The third-order valence-electron chi connectivity index (χ3n) is 6.84. The van der Waals surface area contributed by atoms with E-state index in [0.29, 0.717) is 50.3 Å². The minimum atomic E-state index is -5.08. The number of carboxylic acid groups (broad SMARTS) is 2. The molecule has 0 saturated carbocycles. The van der Waals surface area contributed by atoms with Crippen molar-refractivity contribution in [2.24, 2.45) is 5.73 Å². The summed E-state index contributed by atoms with van der Waals surface area (Å²) in [6, 6.07) is 13.3. The van der Waals surface area contributed by atoms with Gasteiger partial charge in [-0.25, -0.2) is 22.8 Å². The highest BCUT2D eigenvalue weighted by Gasteiger charge is 2.39. The number of carboxylic acids is 2. The average Bonchev–Trinajstić information content (AvgIpc) is 3.18. The number of aliphatic carboxylic acids is 2. The standard InChI is InChI=1S/C23H30N6O3S.2C2HF3O2/c24-18-6-8-21(9-7-18)33(31,32)27-14-10-19(11-15-27)28-12-1-2-13-29(23(28)30)20-5-3-4-17(16-20)22(25)26;2*3-2(4,5)1(6)7/h3-9,16,19H,1-2,10-15,24H2,(H3,25,26);2*(H,6,7). The number of alkyl halides is 6. The third kappa shape index (κ3) is 11.0. The SMILES string of the molecule is N=C(N)c1cccc(N2CCCCN(C3CCN(S(=O)(=O)c4ccc(N)cc4)CC3)C2=O)c1.O=C(O)C(F)(F)F.O=C(O)C(F)(F)F.